The monoisotopic (exact) mass is 286 g/mol. The van der Waals surface area contributed by atoms with Crippen LogP contribution < -0.4 is 10.5 Å². The van der Waals surface area contributed by atoms with Crippen LogP contribution >= 0.6 is 0 Å². The molecule has 19 heavy (non-hydrogen) atoms. The van der Waals surface area contributed by atoms with Crippen LogP contribution in [0.3, 0.4) is 0 Å². The maximum Gasteiger partial charge on any atom is 0.240 e. The Morgan fingerprint density at radius 1 is 1.37 bits per heavy atom. The van der Waals surface area contributed by atoms with Crippen molar-refractivity contribution in [2.75, 3.05) is 20.3 Å². The maximum atomic E-state index is 12.1. The van der Waals surface area contributed by atoms with Crippen LogP contribution in [0.5, 0.6) is 0 Å². The highest BCUT2D eigenvalue weighted by atomic mass is 32.2. The second kappa shape index (κ2) is 7.00. The molecular weight excluding hydrogens is 264 g/mol. The molecule has 1 aromatic carbocycles. The van der Waals surface area contributed by atoms with Crippen molar-refractivity contribution in [1.29, 1.82) is 0 Å². The van der Waals surface area contributed by atoms with Crippen LogP contribution in [0.4, 0.5) is 0 Å². The van der Waals surface area contributed by atoms with Gasteiger partial charge in [-0.25, -0.2) is 13.1 Å². The third-order valence-electron chi connectivity index (χ3n) is 2.77. The first kappa shape index (κ1) is 16.1. The highest BCUT2D eigenvalue weighted by molar-refractivity contribution is 7.89. The molecule has 2 unspecified atom stereocenters. The van der Waals surface area contributed by atoms with Crippen molar-refractivity contribution in [3.63, 3.8) is 0 Å². The van der Waals surface area contributed by atoms with Gasteiger partial charge < -0.3 is 10.5 Å². The Balaban J connectivity index is 2.80. The fraction of sp³-hybridized carbons (Fsp3) is 0.538. The second-order valence-electron chi connectivity index (χ2n) is 4.77. The number of hydrogen-bond donors (Lipinski definition) is 2. The standard InChI is InChI=1S/C13H22N2O3S/c1-10(9-18-3)8-15-19(16,17)13-6-4-5-12(7-13)11(2)14/h4-7,10-11,15H,8-9,14H2,1-3H3. The quantitative estimate of drug-likeness (QED) is 0.791. The van der Waals surface area contributed by atoms with Crippen molar-refractivity contribution in [1.82, 2.24) is 4.72 Å². The molecule has 5 nitrogen and oxygen atoms in total. The lowest BCUT2D eigenvalue weighted by molar-refractivity contribution is 0.161. The van der Waals surface area contributed by atoms with Crippen LogP contribution in [0.1, 0.15) is 25.5 Å². The summed E-state index contributed by atoms with van der Waals surface area (Å²) in [7, 11) is -1.90. The molecule has 2 atom stereocenters. The van der Waals surface area contributed by atoms with E-state index in [1.165, 1.54) is 0 Å². The molecule has 0 saturated heterocycles. The predicted octanol–water partition coefficient (Wildman–Crippen LogP) is 1.27. The second-order valence-corrected chi connectivity index (χ2v) is 6.54. The molecule has 1 rings (SSSR count). The average Bonchev–Trinajstić information content (AvgIpc) is 2.37. The summed E-state index contributed by atoms with van der Waals surface area (Å²) in [5.41, 5.74) is 6.55. The molecule has 0 bridgehead atoms. The van der Waals surface area contributed by atoms with E-state index >= 15 is 0 Å². The Kier molecular flexibility index (Phi) is 5.93. The fourth-order valence-electron chi connectivity index (χ4n) is 1.64. The van der Waals surface area contributed by atoms with Crippen LogP contribution in [0, 0.1) is 5.92 Å². The minimum atomic E-state index is -3.49. The molecule has 0 spiro atoms. The van der Waals surface area contributed by atoms with Crippen molar-refractivity contribution in [3.05, 3.63) is 29.8 Å². The minimum Gasteiger partial charge on any atom is -0.384 e. The molecule has 0 fully saturated rings. The first-order valence-electron chi connectivity index (χ1n) is 6.21. The Bertz CT molecular complexity index is 500. The lowest BCUT2D eigenvalue weighted by Gasteiger charge is -2.13. The fourth-order valence-corrected chi connectivity index (χ4v) is 2.86. The van der Waals surface area contributed by atoms with Gasteiger partial charge in [0.05, 0.1) is 4.90 Å². The SMILES string of the molecule is COCC(C)CNS(=O)(=O)c1cccc(C(C)N)c1. The van der Waals surface area contributed by atoms with Gasteiger partial charge in [-0.05, 0) is 30.5 Å². The van der Waals surface area contributed by atoms with Gasteiger partial charge in [-0.15, -0.1) is 0 Å². The van der Waals surface area contributed by atoms with E-state index in [9.17, 15) is 8.42 Å². The highest BCUT2D eigenvalue weighted by Gasteiger charge is 2.16. The zero-order valence-corrected chi connectivity index (χ0v) is 12.4. The lowest BCUT2D eigenvalue weighted by atomic mass is 10.1. The number of ether oxygens (including phenoxy) is 1. The minimum absolute atomic E-state index is 0.122. The van der Waals surface area contributed by atoms with Gasteiger partial charge in [0.15, 0.2) is 0 Å². The van der Waals surface area contributed by atoms with E-state index in [-0.39, 0.29) is 16.9 Å². The maximum absolute atomic E-state index is 12.1. The molecule has 0 amide bonds. The molecule has 3 N–H and O–H groups in total. The number of hydrogen-bond acceptors (Lipinski definition) is 4. The molecule has 0 heterocycles. The smallest absolute Gasteiger partial charge is 0.240 e. The summed E-state index contributed by atoms with van der Waals surface area (Å²) in [6.45, 7) is 4.60. The summed E-state index contributed by atoms with van der Waals surface area (Å²) >= 11 is 0. The Labute approximate surface area is 115 Å². The highest BCUT2D eigenvalue weighted by Crippen LogP contribution is 2.15. The van der Waals surface area contributed by atoms with Crippen molar-refractivity contribution in [2.24, 2.45) is 11.7 Å². The third-order valence-corrected chi connectivity index (χ3v) is 4.19. The van der Waals surface area contributed by atoms with Crippen LogP contribution in [0.25, 0.3) is 0 Å². The van der Waals surface area contributed by atoms with E-state index < -0.39 is 10.0 Å². The molecule has 0 aliphatic carbocycles. The first-order valence-corrected chi connectivity index (χ1v) is 7.69. The predicted molar refractivity (Wildman–Crippen MR) is 75.3 cm³/mol. The van der Waals surface area contributed by atoms with Gasteiger partial charge in [0, 0.05) is 26.3 Å². The van der Waals surface area contributed by atoms with Gasteiger partial charge in [-0.1, -0.05) is 19.1 Å². The van der Waals surface area contributed by atoms with Gasteiger partial charge in [0.1, 0.15) is 0 Å². The zero-order valence-electron chi connectivity index (χ0n) is 11.6. The first-order chi connectivity index (χ1) is 8.86. The van der Waals surface area contributed by atoms with E-state index in [1.807, 2.05) is 19.9 Å². The average molecular weight is 286 g/mol. The largest absolute Gasteiger partial charge is 0.384 e. The van der Waals surface area contributed by atoms with Crippen molar-refractivity contribution in [2.45, 2.75) is 24.8 Å². The summed E-state index contributed by atoms with van der Waals surface area (Å²) in [6, 6.07) is 6.49. The van der Waals surface area contributed by atoms with Gasteiger partial charge >= 0.3 is 0 Å². The normalized spacial score (nSPS) is 15.2. The molecule has 6 heteroatoms. The summed E-state index contributed by atoms with van der Waals surface area (Å²) in [4.78, 5) is 0.243. The molecule has 108 valence electrons. The van der Waals surface area contributed by atoms with Crippen LogP contribution in [-0.2, 0) is 14.8 Å². The Morgan fingerprint density at radius 3 is 2.63 bits per heavy atom. The number of rotatable bonds is 7. The summed E-state index contributed by atoms with van der Waals surface area (Å²) in [6.07, 6.45) is 0. The number of methoxy groups -OCH3 is 1. The summed E-state index contributed by atoms with van der Waals surface area (Å²) in [5, 5.41) is 0. The van der Waals surface area contributed by atoms with Crippen molar-refractivity contribution < 1.29 is 13.2 Å². The van der Waals surface area contributed by atoms with Gasteiger partial charge in [-0.2, -0.15) is 0 Å². The van der Waals surface area contributed by atoms with Crippen LogP contribution in [0.15, 0.2) is 29.2 Å². The lowest BCUT2D eigenvalue weighted by Crippen LogP contribution is -2.30. The molecule has 0 aliphatic rings. The summed E-state index contributed by atoms with van der Waals surface area (Å²) in [5.74, 6) is 0.122. The summed E-state index contributed by atoms with van der Waals surface area (Å²) < 4.78 is 31.8. The van der Waals surface area contributed by atoms with E-state index in [0.717, 1.165) is 5.56 Å². The van der Waals surface area contributed by atoms with E-state index in [0.29, 0.717) is 13.2 Å². The van der Waals surface area contributed by atoms with Gasteiger partial charge in [-0.3, -0.25) is 0 Å². The molecule has 0 aliphatic heterocycles. The van der Waals surface area contributed by atoms with Crippen molar-refractivity contribution in [3.8, 4) is 0 Å². The molecule has 1 aromatic rings. The Morgan fingerprint density at radius 2 is 2.05 bits per heavy atom. The number of nitrogens with two attached hydrogens (primary N) is 1. The van der Waals surface area contributed by atoms with Gasteiger partial charge in [0.2, 0.25) is 10.0 Å². The zero-order chi connectivity index (χ0) is 14.5. The number of benzene rings is 1. The van der Waals surface area contributed by atoms with E-state index in [2.05, 4.69) is 4.72 Å². The Hall–Kier alpha value is -0.950. The number of nitrogens with one attached hydrogen (secondary N) is 1. The third kappa shape index (κ3) is 4.91. The molecule has 0 aromatic heterocycles. The topological polar surface area (TPSA) is 81.4 Å². The number of sulfonamides is 1. The molecular formula is C13H22N2O3S. The molecule has 0 radical (unpaired) electrons. The van der Waals surface area contributed by atoms with E-state index in [1.54, 1.807) is 25.3 Å². The van der Waals surface area contributed by atoms with Gasteiger partial charge in [0.25, 0.3) is 0 Å². The van der Waals surface area contributed by atoms with Crippen LogP contribution in [-0.4, -0.2) is 28.7 Å². The van der Waals surface area contributed by atoms with E-state index in [4.69, 9.17) is 10.5 Å². The molecule has 0 saturated carbocycles. The van der Waals surface area contributed by atoms with Crippen molar-refractivity contribution >= 4 is 10.0 Å². The van der Waals surface area contributed by atoms with Crippen LogP contribution in [0.2, 0.25) is 0 Å².